The van der Waals surface area contributed by atoms with Crippen LogP contribution in [0.2, 0.25) is 0 Å². The molecule has 0 atom stereocenters. The van der Waals surface area contributed by atoms with Crippen LogP contribution < -0.4 is 4.74 Å². The molecule has 0 amide bonds. The van der Waals surface area contributed by atoms with Crippen LogP contribution in [0.4, 0.5) is 0 Å². The minimum Gasteiger partial charge on any atom is -1.00 e. The first-order valence-corrected chi connectivity index (χ1v) is 3.62. The first-order chi connectivity index (χ1) is 6.11. The first kappa shape index (κ1) is 12.9. The van der Waals surface area contributed by atoms with Crippen molar-refractivity contribution >= 4 is 35.0 Å². The molecule has 1 aromatic carbocycles. The van der Waals surface area contributed by atoms with Gasteiger partial charge in [0.25, 0.3) is 0 Å². The van der Waals surface area contributed by atoms with Gasteiger partial charge in [-0.1, -0.05) is 12.1 Å². The van der Waals surface area contributed by atoms with Crippen molar-refractivity contribution in [2.45, 2.75) is 6.92 Å². The molecular formula is C9H10MgO4. The number of ether oxygens (including phenoxy) is 1. The predicted molar refractivity (Wildman–Crippen MR) is 52.7 cm³/mol. The van der Waals surface area contributed by atoms with Crippen molar-refractivity contribution in [1.82, 2.24) is 0 Å². The molecule has 0 bridgehead atoms. The van der Waals surface area contributed by atoms with Crippen LogP contribution in [0, 0.1) is 0 Å². The van der Waals surface area contributed by atoms with Gasteiger partial charge in [0.05, 0.1) is 0 Å². The summed E-state index contributed by atoms with van der Waals surface area (Å²) >= 11 is 0. The van der Waals surface area contributed by atoms with Crippen LogP contribution in [0.1, 0.15) is 20.1 Å². The number of hydrogen-bond acceptors (Lipinski definition) is 3. The molecule has 0 heterocycles. The summed E-state index contributed by atoms with van der Waals surface area (Å²) in [6.07, 6.45) is 0. The van der Waals surface area contributed by atoms with Gasteiger partial charge in [0.2, 0.25) is 0 Å². The maximum Gasteiger partial charge on any atom is 2.00 e. The van der Waals surface area contributed by atoms with E-state index in [1.54, 1.807) is 12.1 Å². The van der Waals surface area contributed by atoms with E-state index in [1.807, 2.05) is 0 Å². The zero-order chi connectivity index (χ0) is 9.84. The molecule has 14 heavy (non-hydrogen) atoms. The van der Waals surface area contributed by atoms with E-state index < -0.39 is 11.9 Å². The number of benzene rings is 1. The quantitative estimate of drug-likeness (QED) is 0.448. The van der Waals surface area contributed by atoms with E-state index in [1.165, 1.54) is 19.1 Å². The number of para-hydroxylation sites is 1. The van der Waals surface area contributed by atoms with Crippen LogP contribution in [0.5, 0.6) is 5.75 Å². The molecule has 1 rings (SSSR count). The molecular weight excluding hydrogens is 196 g/mol. The van der Waals surface area contributed by atoms with Crippen molar-refractivity contribution < 1.29 is 22.3 Å². The van der Waals surface area contributed by atoms with Crippen LogP contribution in [0.25, 0.3) is 0 Å². The first-order valence-electron chi connectivity index (χ1n) is 3.62. The summed E-state index contributed by atoms with van der Waals surface area (Å²) in [4.78, 5) is 21.2. The Kier molecular flexibility index (Phi) is 5.18. The van der Waals surface area contributed by atoms with E-state index in [2.05, 4.69) is 4.74 Å². The molecule has 4 nitrogen and oxygen atoms in total. The molecule has 1 aromatic rings. The Morgan fingerprint density at radius 1 is 1.36 bits per heavy atom. The van der Waals surface area contributed by atoms with Gasteiger partial charge >= 0.3 is 35.0 Å². The van der Waals surface area contributed by atoms with E-state index in [-0.39, 0.29) is 37.2 Å². The topological polar surface area (TPSA) is 63.6 Å². The third kappa shape index (κ3) is 3.35. The molecule has 0 radical (unpaired) electrons. The zero-order valence-electron chi connectivity index (χ0n) is 9.69. The summed E-state index contributed by atoms with van der Waals surface area (Å²) in [6, 6.07) is 5.98. The van der Waals surface area contributed by atoms with Gasteiger partial charge in [-0.25, -0.2) is 4.79 Å². The maximum absolute atomic E-state index is 10.6. The average molecular weight is 206 g/mol. The van der Waals surface area contributed by atoms with Gasteiger partial charge in [-0.15, -0.1) is 0 Å². The second kappa shape index (κ2) is 5.61. The molecule has 0 spiro atoms. The van der Waals surface area contributed by atoms with Gasteiger partial charge in [0, 0.05) is 6.92 Å². The van der Waals surface area contributed by atoms with E-state index in [0.29, 0.717) is 0 Å². The minimum absolute atomic E-state index is 0. The van der Waals surface area contributed by atoms with Crippen LogP contribution in [0.15, 0.2) is 24.3 Å². The number of rotatable bonds is 2. The zero-order valence-corrected chi connectivity index (χ0v) is 9.10. The Labute approximate surface area is 100.0 Å². The second-order valence-electron chi connectivity index (χ2n) is 2.39. The number of aromatic carboxylic acids is 1. The summed E-state index contributed by atoms with van der Waals surface area (Å²) in [6.45, 7) is 1.22. The molecule has 0 aromatic heterocycles. The molecule has 5 heteroatoms. The van der Waals surface area contributed by atoms with Crippen LogP contribution >= 0.6 is 0 Å². The van der Waals surface area contributed by atoms with Gasteiger partial charge in [-0.2, -0.15) is 0 Å². The molecule has 0 saturated heterocycles. The SMILES string of the molecule is CC(=O)Oc1ccccc1C(=O)O.[H-].[H-].[Mg+2]. The summed E-state index contributed by atoms with van der Waals surface area (Å²) in [7, 11) is 0. The standard InChI is InChI=1S/C9H8O4.Mg.2H/c1-6(10)13-8-5-3-2-4-7(8)9(11)12;;;/h2-5H,1H3,(H,11,12);;;/q;+2;2*-1. The van der Waals surface area contributed by atoms with Gasteiger partial charge < -0.3 is 12.7 Å². The number of carbonyl (C=O) groups is 2. The van der Waals surface area contributed by atoms with E-state index in [4.69, 9.17) is 5.11 Å². The molecule has 72 valence electrons. The fourth-order valence-corrected chi connectivity index (χ4v) is 0.887. The Hall–Kier alpha value is -1.07. The normalized spacial score (nSPS) is 8.64. The molecule has 0 aliphatic rings. The largest absolute Gasteiger partial charge is 2.00 e. The fraction of sp³-hybridized carbons (Fsp3) is 0.111. The molecule has 0 aliphatic carbocycles. The molecule has 0 fully saturated rings. The third-order valence-electron chi connectivity index (χ3n) is 1.37. The summed E-state index contributed by atoms with van der Waals surface area (Å²) < 4.78 is 4.69. The molecule has 0 saturated carbocycles. The van der Waals surface area contributed by atoms with E-state index in [9.17, 15) is 9.59 Å². The van der Waals surface area contributed by atoms with Gasteiger partial charge in [-0.05, 0) is 12.1 Å². The van der Waals surface area contributed by atoms with Crippen molar-refractivity contribution in [3.8, 4) is 5.75 Å². The van der Waals surface area contributed by atoms with Crippen LogP contribution in [0.3, 0.4) is 0 Å². The Bertz CT molecular complexity index is 357. The smallest absolute Gasteiger partial charge is 1.00 e. The van der Waals surface area contributed by atoms with E-state index in [0.717, 1.165) is 0 Å². The second-order valence-corrected chi connectivity index (χ2v) is 2.39. The van der Waals surface area contributed by atoms with Crippen molar-refractivity contribution in [2.24, 2.45) is 0 Å². The van der Waals surface area contributed by atoms with Crippen LogP contribution in [-0.4, -0.2) is 40.1 Å². The fourth-order valence-electron chi connectivity index (χ4n) is 0.887. The monoisotopic (exact) mass is 206 g/mol. The Balaban J connectivity index is -0.000000563. The average Bonchev–Trinajstić information content (AvgIpc) is 2.03. The van der Waals surface area contributed by atoms with Crippen molar-refractivity contribution in [3.05, 3.63) is 29.8 Å². The molecule has 0 aliphatic heterocycles. The van der Waals surface area contributed by atoms with Crippen molar-refractivity contribution in [2.75, 3.05) is 0 Å². The predicted octanol–water partition coefficient (Wildman–Crippen LogP) is 1.15. The van der Waals surface area contributed by atoms with Gasteiger partial charge in [0.1, 0.15) is 11.3 Å². The number of carboxylic acids is 1. The summed E-state index contributed by atoms with van der Waals surface area (Å²) in [5.74, 6) is -1.58. The number of esters is 1. The molecule has 0 unspecified atom stereocenters. The Morgan fingerprint density at radius 2 is 1.93 bits per heavy atom. The van der Waals surface area contributed by atoms with Gasteiger partial charge in [-0.3, -0.25) is 4.79 Å². The summed E-state index contributed by atoms with van der Waals surface area (Å²) in [5.41, 5.74) is -0.0160. The number of carboxylic acid groups (broad SMARTS) is 1. The third-order valence-corrected chi connectivity index (χ3v) is 1.37. The summed E-state index contributed by atoms with van der Waals surface area (Å²) in [5, 5.41) is 8.69. The van der Waals surface area contributed by atoms with Crippen molar-refractivity contribution in [1.29, 1.82) is 0 Å². The minimum atomic E-state index is -1.11. The number of hydrogen-bond donors (Lipinski definition) is 1. The van der Waals surface area contributed by atoms with E-state index >= 15 is 0 Å². The number of carbonyl (C=O) groups excluding carboxylic acids is 1. The molecule has 1 N–H and O–H groups in total. The van der Waals surface area contributed by atoms with Gasteiger partial charge in [0.15, 0.2) is 0 Å². The van der Waals surface area contributed by atoms with Crippen LogP contribution in [-0.2, 0) is 4.79 Å². The Morgan fingerprint density at radius 3 is 2.43 bits per heavy atom. The maximum atomic E-state index is 10.6. The van der Waals surface area contributed by atoms with Crippen molar-refractivity contribution in [3.63, 3.8) is 0 Å².